The lowest BCUT2D eigenvalue weighted by Gasteiger charge is -2.13. The van der Waals surface area contributed by atoms with E-state index in [1.807, 2.05) is 6.07 Å². The molecular weight excluding hydrogens is 389 g/mol. The van der Waals surface area contributed by atoms with Crippen LogP contribution in [-0.4, -0.2) is 16.0 Å². The third kappa shape index (κ3) is 3.62. The maximum atomic E-state index is 12.5. The van der Waals surface area contributed by atoms with Crippen molar-refractivity contribution in [3.05, 3.63) is 73.6 Å². The van der Waals surface area contributed by atoms with Gasteiger partial charge in [-0.3, -0.25) is 14.5 Å². The van der Waals surface area contributed by atoms with E-state index >= 15 is 0 Å². The SMILES string of the molecule is O=C1S/C(=C/c2ccccc2Cl)C(=O)N1Cc1ccc(Cl)cc1Cl. The van der Waals surface area contributed by atoms with Crippen molar-refractivity contribution in [1.29, 1.82) is 0 Å². The molecule has 0 radical (unpaired) electrons. The van der Waals surface area contributed by atoms with E-state index in [4.69, 9.17) is 34.8 Å². The molecule has 0 saturated carbocycles. The molecule has 1 aliphatic rings. The zero-order valence-corrected chi connectivity index (χ0v) is 15.2. The predicted octanol–water partition coefficient (Wildman–Crippen LogP) is 5.88. The molecule has 3 nitrogen and oxygen atoms in total. The van der Waals surface area contributed by atoms with E-state index in [0.717, 1.165) is 16.7 Å². The highest BCUT2D eigenvalue weighted by Gasteiger charge is 2.35. The third-order valence-corrected chi connectivity index (χ3v) is 5.25. The first-order valence-electron chi connectivity index (χ1n) is 6.89. The van der Waals surface area contributed by atoms with Crippen molar-refractivity contribution >= 4 is 63.8 Å². The molecule has 2 aromatic rings. The van der Waals surface area contributed by atoms with Crippen LogP contribution in [0.15, 0.2) is 47.4 Å². The summed E-state index contributed by atoms with van der Waals surface area (Å²) < 4.78 is 0. The van der Waals surface area contributed by atoms with E-state index in [-0.39, 0.29) is 17.7 Å². The first-order chi connectivity index (χ1) is 11.5. The Bertz CT molecular complexity index is 867. The Kier molecular flexibility index (Phi) is 5.21. The van der Waals surface area contributed by atoms with Crippen LogP contribution in [0.2, 0.25) is 15.1 Å². The minimum absolute atomic E-state index is 0.0977. The van der Waals surface area contributed by atoms with Gasteiger partial charge in [-0.15, -0.1) is 0 Å². The number of nitrogens with zero attached hydrogens (tertiary/aromatic N) is 1. The molecule has 1 fully saturated rings. The van der Waals surface area contributed by atoms with Crippen LogP contribution in [0.4, 0.5) is 4.79 Å². The lowest BCUT2D eigenvalue weighted by atomic mass is 10.2. The van der Waals surface area contributed by atoms with E-state index in [1.54, 1.807) is 42.5 Å². The molecule has 24 heavy (non-hydrogen) atoms. The number of halogens is 3. The Morgan fingerprint density at radius 3 is 2.46 bits per heavy atom. The number of benzene rings is 2. The molecule has 1 saturated heterocycles. The highest BCUT2D eigenvalue weighted by Crippen LogP contribution is 2.35. The van der Waals surface area contributed by atoms with Crippen molar-refractivity contribution in [3.63, 3.8) is 0 Å². The third-order valence-electron chi connectivity index (χ3n) is 3.41. The van der Waals surface area contributed by atoms with E-state index in [9.17, 15) is 9.59 Å². The van der Waals surface area contributed by atoms with Crippen LogP contribution in [0.3, 0.4) is 0 Å². The van der Waals surface area contributed by atoms with Gasteiger partial charge in [0.25, 0.3) is 11.1 Å². The fourth-order valence-corrected chi connectivity index (χ4v) is 3.68. The summed E-state index contributed by atoms with van der Waals surface area (Å²) in [5.41, 5.74) is 1.34. The lowest BCUT2D eigenvalue weighted by molar-refractivity contribution is -0.123. The summed E-state index contributed by atoms with van der Waals surface area (Å²) in [5, 5.41) is 1.09. The van der Waals surface area contributed by atoms with E-state index < -0.39 is 0 Å². The number of carbonyl (C=O) groups is 2. The Morgan fingerprint density at radius 2 is 1.75 bits per heavy atom. The molecule has 0 bridgehead atoms. The number of rotatable bonds is 3. The molecule has 1 heterocycles. The van der Waals surface area contributed by atoms with Gasteiger partial charge in [0, 0.05) is 15.1 Å². The van der Waals surface area contributed by atoms with Gasteiger partial charge in [0.15, 0.2) is 0 Å². The van der Waals surface area contributed by atoms with Gasteiger partial charge in [-0.05, 0) is 47.2 Å². The number of thioether (sulfide) groups is 1. The zero-order valence-electron chi connectivity index (χ0n) is 12.1. The molecule has 0 unspecified atom stereocenters. The zero-order chi connectivity index (χ0) is 17.3. The van der Waals surface area contributed by atoms with E-state index in [0.29, 0.717) is 31.1 Å². The van der Waals surface area contributed by atoms with Crippen molar-refractivity contribution in [2.45, 2.75) is 6.54 Å². The van der Waals surface area contributed by atoms with Gasteiger partial charge in [0.05, 0.1) is 11.4 Å². The standard InChI is InChI=1S/C17H10Cl3NO2S/c18-12-6-5-11(14(20)8-12)9-21-16(22)15(24-17(21)23)7-10-3-1-2-4-13(10)19/h1-8H,9H2/b15-7+. The minimum atomic E-state index is -0.365. The number of amides is 2. The van der Waals surface area contributed by atoms with Crippen LogP contribution in [0.25, 0.3) is 6.08 Å². The molecular formula is C17H10Cl3NO2S. The van der Waals surface area contributed by atoms with Crippen molar-refractivity contribution in [2.24, 2.45) is 0 Å². The van der Waals surface area contributed by atoms with Gasteiger partial charge >= 0.3 is 0 Å². The van der Waals surface area contributed by atoms with Crippen LogP contribution in [-0.2, 0) is 11.3 Å². The molecule has 2 amide bonds. The quantitative estimate of drug-likeness (QED) is 0.606. The molecule has 122 valence electrons. The second-order valence-electron chi connectivity index (χ2n) is 5.03. The second kappa shape index (κ2) is 7.19. The van der Waals surface area contributed by atoms with Crippen LogP contribution in [0.1, 0.15) is 11.1 Å². The molecule has 1 aliphatic heterocycles. The summed E-state index contributed by atoms with van der Waals surface area (Å²) in [6, 6.07) is 12.1. The number of hydrogen-bond donors (Lipinski definition) is 0. The predicted molar refractivity (Wildman–Crippen MR) is 99.4 cm³/mol. The minimum Gasteiger partial charge on any atom is -0.268 e. The summed E-state index contributed by atoms with van der Waals surface area (Å²) in [5.74, 6) is -0.365. The van der Waals surface area contributed by atoms with Gasteiger partial charge in [-0.1, -0.05) is 59.1 Å². The maximum absolute atomic E-state index is 12.5. The molecule has 0 aromatic heterocycles. The van der Waals surface area contributed by atoms with Crippen molar-refractivity contribution in [2.75, 3.05) is 0 Å². The molecule has 0 aliphatic carbocycles. The topological polar surface area (TPSA) is 37.4 Å². The number of imide groups is 1. The van der Waals surface area contributed by atoms with Crippen LogP contribution < -0.4 is 0 Å². The molecule has 0 N–H and O–H groups in total. The summed E-state index contributed by atoms with van der Waals surface area (Å²) in [7, 11) is 0. The normalized spacial score (nSPS) is 16.3. The fourth-order valence-electron chi connectivity index (χ4n) is 2.19. The lowest BCUT2D eigenvalue weighted by Crippen LogP contribution is -2.27. The van der Waals surface area contributed by atoms with Gasteiger partial charge in [0.1, 0.15) is 0 Å². The van der Waals surface area contributed by atoms with Gasteiger partial charge in [0.2, 0.25) is 0 Å². The Hall–Kier alpha value is -1.46. The summed E-state index contributed by atoms with van der Waals surface area (Å²) in [6.07, 6.45) is 1.62. The van der Waals surface area contributed by atoms with Gasteiger partial charge < -0.3 is 0 Å². The molecule has 0 spiro atoms. The summed E-state index contributed by atoms with van der Waals surface area (Å²) >= 11 is 19.0. The van der Waals surface area contributed by atoms with Crippen molar-refractivity contribution in [1.82, 2.24) is 4.90 Å². The Balaban J connectivity index is 1.85. The number of carbonyl (C=O) groups excluding carboxylic acids is 2. The first kappa shape index (κ1) is 17.4. The van der Waals surface area contributed by atoms with Crippen molar-refractivity contribution < 1.29 is 9.59 Å². The van der Waals surface area contributed by atoms with E-state index in [1.165, 1.54) is 0 Å². The summed E-state index contributed by atoms with van der Waals surface area (Å²) in [6.45, 7) is 0.0977. The maximum Gasteiger partial charge on any atom is 0.293 e. The summed E-state index contributed by atoms with van der Waals surface area (Å²) in [4.78, 5) is 26.2. The largest absolute Gasteiger partial charge is 0.293 e. The second-order valence-corrected chi connectivity index (χ2v) is 7.27. The Labute approximate surface area is 158 Å². The van der Waals surface area contributed by atoms with Crippen LogP contribution in [0.5, 0.6) is 0 Å². The fraction of sp³-hybridized carbons (Fsp3) is 0.0588. The van der Waals surface area contributed by atoms with E-state index in [2.05, 4.69) is 0 Å². The average molecular weight is 399 g/mol. The van der Waals surface area contributed by atoms with Crippen LogP contribution >= 0.6 is 46.6 Å². The first-order valence-corrected chi connectivity index (χ1v) is 8.84. The molecule has 2 aromatic carbocycles. The highest BCUT2D eigenvalue weighted by molar-refractivity contribution is 8.18. The smallest absolute Gasteiger partial charge is 0.268 e. The molecule has 7 heteroatoms. The molecule has 0 atom stereocenters. The van der Waals surface area contributed by atoms with Crippen LogP contribution in [0, 0.1) is 0 Å². The highest BCUT2D eigenvalue weighted by atomic mass is 35.5. The average Bonchev–Trinajstić information content (AvgIpc) is 2.79. The Morgan fingerprint density at radius 1 is 1.00 bits per heavy atom. The monoisotopic (exact) mass is 397 g/mol. The number of hydrogen-bond acceptors (Lipinski definition) is 3. The van der Waals surface area contributed by atoms with Gasteiger partial charge in [-0.25, -0.2) is 0 Å². The molecule has 3 rings (SSSR count). The van der Waals surface area contributed by atoms with Crippen molar-refractivity contribution in [3.8, 4) is 0 Å². The van der Waals surface area contributed by atoms with Gasteiger partial charge in [-0.2, -0.15) is 0 Å².